The van der Waals surface area contributed by atoms with Gasteiger partial charge < -0.3 is 85.1 Å². The fraction of sp³-hybridized carbons (Fsp3) is 0.942. The van der Waals surface area contributed by atoms with Gasteiger partial charge in [-0.1, -0.05) is 145 Å². The van der Waals surface area contributed by atoms with Gasteiger partial charge in [0, 0.05) is 154 Å². The minimum atomic E-state index is 0.166. The fourth-order valence-corrected chi connectivity index (χ4v) is 11.2. The largest absolute Gasteiger partial charge is 0.315 e. The Morgan fingerprint density at radius 1 is 0.208 bits per heavy atom. The molecule has 728 valence electrons. The molecule has 0 fully saturated rings. The van der Waals surface area contributed by atoms with E-state index in [4.69, 9.17) is 0 Å². The second kappa shape index (κ2) is 71.7. The number of rotatable bonds is 49. The Morgan fingerprint density at radius 2 is 0.400 bits per heavy atom. The first-order valence-corrected chi connectivity index (χ1v) is 49.9. The van der Waals surface area contributed by atoms with E-state index in [1.807, 2.05) is 11.8 Å². The first kappa shape index (κ1) is 132. The summed E-state index contributed by atoms with van der Waals surface area (Å²) < 4.78 is 0. The van der Waals surface area contributed by atoms with Gasteiger partial charge in [0.25, 0.3) is 0 Å². The van der Waals surface area contributed by atoms with Gasteiger partial charge in [-0.2, -0.15) is 11.8 Å². The van der Waals surface area contributed by atoms with Crippen LogP contribution in [0, 0.1) is 5.41 Å². The lowest BCUT2D eigenvalue weighted by molar-refractivity contribution is 0.273. The third-order valence-electron chi connectivity index (χ3n) is 17.3. The van der Waals surface area contributed by atoms with Gasteiger partial charge >= 0.3 is 0 Å². The molecule has 0 aliphatic carbocycles. The number of hydrogen-bond donors (Lipinski definition) is 16. The van der Waals surface area contributed by atoms with Gasteiger partial charge in [0.15, 0.2) is 0 Å². The van der Waals surface area contributed by atoms with Crippen LogP contribution in [0.1, 0.15) is 432 Å². The van der Waals surface area contributed by atoms with E-state index >= 15 is 0 Å². The van der Waals surface area contributed by atoms with Gasteiger partial charge in [-0.25, -0.2) is 0 Å². The predicted octanol–water partition coefficient (Wildman–Crippen LogP) is 22.2. The van der Waals surface area contributed by atoms with Gasteiger partial charge in [-0.05, 0) is 370 Å². The average Bonchev–Trinajstić information content (AvgIpc) is 0.897. The van der Waals surface area contributed by atoms with Crippen LogP contribution < -0.4 is 85.1 Å². The Kier molecular flexibility index (Phi) is 78.9. The normalized spacial score (nSPS) is 12.9. The van der Waals surface area contributed by atoms with Crippen LogP contribution in [0.4, 0.5) is 0 Å². The molecule has 1 aromatic rings. The van der Waals surface area contributed by atoms with Crippen LogP contribution >= 0.6 is 11.8 Å². The van der Waals surface area contributed by atoms with E-state index in [1.54, 1.807) is 0 Å². The summed E-state index contributed by atoms with van der Waals surface area (Å²) in [5.74, 6) is 2.40. The predicted molar refractivity (Wildman–Crippen MR) is 555 cm³/mol. The highest BCUT2D eigenvalue weighted by molar-refractivity contribution is 7.99. The minimum absolute atomic E-state index is 0.166. The molecule has 0 aliphatic rings. The van der Waals surface area contributed by atoms with Crippen LogP contribution in [0.25, 0.3) is 0 Å². The molecule has 120 heavy (non-hydrogen) atoms. The summed E-state index contributed by atoms with van der Waals surface area (Å²) in [6, 6.07) is 11.2. The highest BCUT2D eigenvalue weighted by atomic mass is 32.2. The molecule has 0 saturated carbocycles. The van der Waals surface area contributed by atoms with Crippen LogP contribution in [-0.2, 0) is 13.1 Å². The Bertz CT molecular complexity index is 2170. The number of hydrogen-bond acceptors (Lipinski definition) is 17. The molecule has 17 heteroatoms. The molecule has 16 nitrogen and oxygen atoms in total. The quantitative estimate of drug-likeness (QED) is 0.0275. The molecule has 0 amide bonds. The molecule has 1 rings (SSSR count). The summed E-state index contributed by atoms with van der Waals surface area (Å²) in [6.07, 6.45) is 21.3. The zero-order valence-electron chi connectivity index (χ0n) is 90.6. The van der Waals surface area contributed by atoms with Crippen molar-refractivity contribution in [2.75, 3.05) is 103 Å². The van der Waals surface area contributed by atoms with Crippen LogP contribution in [0.5, 0.6) is 0 Å². The summed E-state index contributed by atoms with van der Waals surface area (Å²) in [5, 5.41) is 55.8. The molecule has 0 heterocycles. The van der Waals surface area contributed by atoms with Crippen molar-refractivity contribution in [3.63, 3.8) is 0 Å². The summed E-state index contributed by atoms with van der Waals surface area (Å²) in [5.41, 5.74) is 5.97. The Morgan fingerprint density at radius 3 is 0.625 bits per heavy atom. The monoisotopic (exact) mass is 1720 g/mol. The van der Waals surface area contributed by atoms with E-state index in [0.29, 0.717) is 29.6 Å². The minimum Gasteiger partial charge on any atom is -0.315 e. The molecule has 0 atom stereocenters. The zero-order chi connectivity index (χ0) is 94.9. The molecule has 16 N–H and O–H groups in total. The van der Waals surface area contributed by atoms with Gasteiger partial charge in [0.2, 0.25) is 0 Å². The van der Waals surface area contributed by atoms with Crippen molar-refractivity contribution in [3.05, 3.63) is 35.4 Å². The maximum Gasteiger partial charge on any atom is 0.0210 e. The Labute approximate surface area is 761 Å². The second-order valence-corrected chi connectivity index (χ2v) is 49.7. The maximum absolute atomic E-state index is 3.55. The van der Waals surface area contributed by atoms with E-state index < -0.39 is 0 Å². The Hall–Kier alpha value is -1.07. The topological polar surface area (TPSA) is 192 Å². The first-order chi connectivity index (χ1) is 54.2. The van der Waals surface area contributed by atoms with Gasteiger partial charge in [0.05, 0.1) is 0 Å². The second-order valence-electron chi connectivity index (χ2n) is 48.5. The molecule has 0 unspecified atom stereocenters. The summed E-state index contributed by atoms with van der Waals surface area (Å²) >= 11 is 2.01. The third kappa shape index (κ3) is 145. The van der Waals surface area contributed by atoms with Crippen molar-refractivity contribution in [2.45, 2.75) is 525 Å². The molecule has 0 aliphatic heterocycles. The molecular weight excluding hydrogens is 1490 g/mol. The van der Waals surface area contributed by atoms with Crippen LogP contribution in [0.3, 0.4) is 0 Å². The molecule has 0 aromatic heterocycles. The highest BCUT2D eigenvalue weighted by Crippen LogP contribution is 2.16. The molecule has 0 bridgehead atoms. The number of benzene rings is 1. The van der Waals surface area contributed by atoms with Crippen LogP contribution in [-0.4, -0.2) is 194 Å². The zero-order valence-corrected chi connectivity index (χ0v) is 91.4. The van der Waals surface area contributed by atoms with Gasteiger partial charge in [0.1, 0.15) is 0 Å². The van der Waals surface area contributed by atoms with E-state index in [0.717, 1.165) is 105 Å². The van der Waals surface area contributed by atoms with E-state index in [1.165, 1.54) is 125 Å². The number of unbranched alkanes of at least 4 members (excludes halogenated alkanes) is 12. The Balaban J connectivity index is -0.000000244. The van der Waals surface area contributed by atoms with Crippen LogP contribution in [0.2, 0.25) is 0 Å². The maximum atomic E-state index is 3.55. The lowest BCUT2D eigenvalue weighted by Gasteiger charge is -2.31. The standard InChI is InChI=1S/C16H28N2.C16H36N2.C15H34N2.C13H30N2.C12H28N2S.C12H28N2.C11H26N2.C8H20N2/c1-15(2,3)17-11-13-8-7-9-14(10-13)12-18-16(4,5)6;1-15(2,3)17-13-11-9-7-8-10-12-14-18-16(4,5)6;1-14(2,3)16-12-10-8-7-9-11-13-17-15(4,5)6;1-12(2,3)14-10-8-7-9-11-15-13(4,5)6;1-11(2,3)13-7-9-15-10-8-14-12(4,5)6;1-10(2)13-8-12(6,7)9-14-11(3,4)5;1-10(2)12-8-6-7-9-13-11(3,4)5;1-7(2)9-5-6-10-8(3)4/h7-10,17-18H,11-12H2,1-6H3;17-18H,7-14H2,1-6H3;16-17H,7-13H2,1-6H3;14-15H,7-11H2,1-6H3;13-14H,7-10H2,1-6H3;10,13-14H,8-9H2,1-7H3;10,12-13H,6-9H2,1-5H3;7-10H,5-6H2,1-4H3. The summed E-state index contributed by atoms with van der Waals surface area (Å²) in [4.78, 5) is 0. The summed E-state index contributed by atoms with van der Waals surface area (Å²) in [6.45, 7) is 119. The third-order valence-corrected chi connectivity index (χ3v) is 18.3. The molecule has 1 aromatic carbocycles. The fourth-order valence-electron chi connectivity index (χ4n) is 10.5. The van der Waals surface area contributed by atoms with E-state index in [-0.39, 0.29) is 66.5 Å². The SMILES string of the molecule is CC(C)(C)NCCCCCCCCNC(C)(C)C.CC(C)(C)NCCCCCCCNC(C)(C)C.CC(C)(C)NCCCCCNC(C)(C)C.CC(C)(C)NCCSCCNC(C)(C)C.CC(C)(C)NCc1cccc(CNC(C)(C)C)c1.CC(C)NCC(C)(C)CNC(C)(C)C.CC(C)NCCCCNC(C)(C)C.CC(C)NCCNC(C)C. The van der Waals surface area contributed by atoms with Crippen molar-refractivity contribution in [1.82, 2.24) is 85.1 Å². The highest BCUT2D eigenvalue weighted by Gasteiger charge is 2.22. The molecule has 0 saturated heterocycles. The van der Waals surface area contributed by atoms with Crippen molar-refractivity contribution in [2.24, 2.45) is 5.41 Å². The van der Waals surface area contributed by atoms with E-state index in [2.05, 4.69) is 428 Å². The van der Waals surface area contributed by atoms with E-state index in [9.17, 15) is 0 Å². The lowest BCUT2D eigenvalue weighted by atomic mass is 9.91. The molecule has 0 radical (unpaired) electrons. The lowest BCUT2D eigenvalue weighted by Crippen LogP contribution is -2.46. The number of nitrogens with one attached hydrogen (secondary N) is 16. The summed E-state index contributed by atoms with van der Waals surface area (Å²) in [7, 11) is 0. The van der Waals surface area contributed by atoms with Crippen LogP contribution in [0.15, 0.2) is 24.3 Å². The number of thioether (sulfide) groups is 1. The van der Waals surface area contributed by atoms with Crippen molar-refractivity contribution in [1.29, 1.82) is 0 Å². The molecule has 0 spiro atoms. The molecular formula is C103H230N16S. The average molecular weight is 1730 g/mol. The smallest absolute Gasteiger partial charge is 0.0210 e. The first-order valence-electron chi connectivity index (χ1n) is 48.7. The van der Waals surface area contributed by atoms with Gasteiger partial charge in [-0.15, -0.1) is 0 Å². The van der Waals surface area contributed by atoms with Gasteiger partial charge in [-0.3, -0.25) is 0 Å². The van der Waals surface area contributed by atoms with Crippen molar-refractivity contribution >= 4 is 11.8 Å². The van der Waals surface area contributed by atoms with Crippen molar-refractivity contribution in [3.8, 4) is 0 Å². The van der Waals surface area contributed by atoms with Crippen molar-refractivity contribution < 1.29 is 0 Å².